The number of hydrogen-bond donors (Lipinski definition) is 0. The zero-order valence-corrected chi connectivity index (χ0v) is 15.2. The Morgan fingerprint density at radius 3 is 1.96 bits per heavy atom. The molecule has 0 saturated heterocycles. The molecule has 0 N–H and O–H groups in total. The molecule has 0 aliphatic heterocycles. The summed E-state index contributed by atoms with van der Waals surface area (Å²) in [4.78, 5) is 0. The predicted molar refractivity (Wildman–Crippen MR) is 87.7 cm³/mol. The average molecular weight is 493 g/mol. The third-order valence-corrected chi connectivity index (χ3v) is 4.34. The van der Waals surface area contributed by atoms with Gasteiger partial charge in [0.05, 0.1) is 0 Å². The summed E-state index contributed by atoms with van der Waals surface area (Å²) in [5, 5.41) is 0. The van der Waals surface area contributed by atoms with Crippen LogP contribution in [-0.2, 0) is 12.1 Å². The Morgan fingerprint density at radius 2 is 1.50 bits per heavy atom. The Hall–Kier alpha value is -1.39. The van der Waals surface area contributed by atoms with Crippen molar-refractivity contribution >= 4 is 22.6 Å². The average Bonchev–Trinajstić information content (AvgIpc) is 2.52. The van der Waals surface area contributed by atoms with Crippen molar-refractivity contribution in [3.63, 3.8) is 0 Å². The number of benzene rings is 2. The van der Waals surface area contributed by atoms with Crippen LogP contribution in [0, 0.1) is 15.5 Å². The summed E-state index contributed by atoms with van der Waals surface area (Å²) >= 11 is 1.44. The summed E-state index contributed by atoms with van der Waals surface area (Å²) < 4.78 is 108. The summed E-state index contributed by atoms with van der Waals surface area (Å²) in [5.74, 6) is -1.07. The van der Waals surface area contributed by atoms with Crippen LogP contribution >= 0.6 is 22.6 Å². The molecule has 0 saturated carbocycles. The summed E-state index contributed by atoms with van der Waals surface area (Å²) in [6.45, 7) is 1.44. The molecular formula is C17H10F8I. The molecule has 0 spiro atoms. The number of aryl methyl sites for hydroxylation is 1. The Morgan fingerprint density at radius 1 is 0.962 bits per heavy atom. The number of hydrogen-bond acceptors (Lipinski definition) is 0. The van der Waals surface area contributed by atoms with E-state index in [2.05, 4.69) is 6.07 Å². The Balaban J connectivity index is 3.01. The first-order chi connectivity index (χ1) is 11.8. The second kappa shape index (κ2) is 6.97. The fourth-order valence-electron chi connectivity index (χ4n) is 2.58. The predicted octanol–water partition coefficient (Wildman–Crippen LogP) is 6.75. The molecule has 2 rings (SSSR count). The highest BCUT2D eigenvalue weighted by Crippen LogP contribution is 2.56. The van der Waals surface area contributed by atoms with Crippen LogP contribution in [0.5, 0.6) is 0 Å². The molecule has 0 fully saturated rings. The van der Waals surface area contributed by atoms with Crippen molar-refractivity contribution in [2.45, 2.75) is 31.4 Å². The maximum Gasteiger partial charge on any atom is 0.435 e. The van der Waals surface area contributed by atoms with Crippen LogP contribution < -0.4 is 0 Å². The topological polar surface area (TPSA) is 0 Å². The van der Waals surface area contributed by atoms with Gasteiger partial charge in [-0.2, -0.15) is 26.3 Å². The minimum absolute atomic E-state index is 0.0701. The van der Waals surface area contributed by atoms with Crippen LogP contribution in [-0.4, -0.2) is 12.4 Å². The molecule has 141 valence electrons. The van der Waals surface area contributed by atoms with E-state index >= 15 is 0 Å². The lowest BCUT2D eigenvalue weighted by atomic mass is 9.83. The quantitative estimate of drug-likeness (QED) is 0.328. The molecule has 0 aliphatic carbocycles. The summed E-state index contributed by atoms with van der Waals surface area (Å²) in [6.07, 6.45) is -12.7. The second-order valence-electron chi connectivity index (χ2n) is 5.37. The first kappa shape index (κ1) is 20.9. The Bertz CT molecular complexity index is 793. The van der Waals surface area contributed by atoms with Crippen molar-refractivity contribution in [2.75, 3.05) is 0 Å². The maximum atomic E-state index is 14.7. The molecule has 0 aliphatic rings. The molecule has 0 unspecified atom stereocenters. The maximum absolute atomic E-state index is 14.7. The fraction of sp³-hybridized carbons (Fsp3) is 0.294. The van der Waals surface area contributed by atoms with Gasteiger partial charge in [0.15, 0.2) is 0 Å². The van der Waals surface area contributed by atoms with Crippen LogP contribution in [0.4, 0.5) is 35.1 Å². The highest BCUT2D eigenvalue weighted by atomic mass is 127. The van der Waals surface area contributed by atoms with E-state index in [4.69, 9.17) is 0 Å². The van der Waals surface area contributed by atoms with E-state index in [1.165, 1.54) is 41.6 Å². The minimum Gasteiger partial charge on any atom is -0.218 e. The smallest absolute Gasteiger partial charge is 0.218 e. The summed E-state index contributed by atoms with van der Waals surface area (Å²) in [6, 6.07) is 7.32. The van der Waals surface area contributed by atoms with E-state index in [0.29, 0.717) is 6.07 Å². The van der Waals surface area contributed by atoms with E-state index in [1.807, 2.05) is 0 Å². The monoisotopic (exact) mass is 493 g/mol. The van der Waals surface area contributed by atoms with Gasteiger partial charge in [-0.25, -0.2) is 8.78 Å². The SMILES string of the molecule is CCc1[c]c(I)cc(C(F)(C(F)(F)F)C(F)(F)F)c1-c1ccccc1F. The Labute approximate surface area is 157 Å². The van der Waals surface area contributed by atoms with E-state index in [-0.39, 0.29) is 15.6 Å². The normalized spacial score (nSPS) is 13.2. The standard InChI is InChI=1S/C17H10F8I/c1-2-9-7-10(26)8-12(14(9)11-5-3-4-6-13(11)18)15(19,16(20,21)22)17(23,24)25/h3-6,8H,2H2,1H3. The third kappa shape index (κ3) is 3.41. The second-order valence-corrected chi connectivity index (χ2v) is 6.53. The molecule has 9 heteroatoms. The van der Waals surface area contributed by atoms with Gasteiger partial charge in [-0.15, -0.1) is 0 Å². The molecule has 1 radical (unpaired) electrons. The fourth-order valence-corrected chi connectivity index (χ4v) is 3.22. The van der Waals surface area contributed by atoms with Crippen molar-refractivity contribution in [3.8, 4) is 11.1 Å². The molecule has 26 heavy (non-hydrogen) atoms. The molecule has 0 heterocycles. The van der Waals surface area contributed by atoms with Crippen LogP contribution in [0.2, 0.25) is 0 Å². The molecule has 0 nitrogen and oxygen atoms in total. The van der Waals surface area contributed by atoms with E-state index in [9.17, 15) is 35.1 Å². The van der Waals surface area contributed by atoms with Gasteiger partial charge in [0.25, 0.3) is 0 Å². The first-order valence-electron chi connectivity index (χ1n) is 7.17. The van der Waals surface area contributed by atoms with E-state index in [0.717, 1.165) is 12.1 Å². The van der Waals surface area contributed by atoms with Gasteiger partial charge in [-0.1, -0.05) is 25.1 Å². The molecular weight excluding hydrogens is 483 g/mol. The molecule has 0 bridgehead atoms. The van der Waals surface area contributed by atoms with Gasteiger partial charge in [0, 0.05) is 20.8 Å². The first-order valence-corrected chi connectivity index (χ1v) is 8.24. The summed E-state index contributed by atoms with van der Waals surface area (Å²) in [7, 11) is 0. The van der Waals surface area contributed by atoms with E-state index in [1.54, 1.807) is 0 Å². The van der Waals surface area contributed by atoms with Gasteiger partial charge in [0.1, 0.15) is 5.82 Å². The summed E-state index contributed by atoms with van der Waals surface area (Å²) in [5.41, 5.74) is -8.84. The highest BCUT2D eigenvalue weighted by Gasteiger charge is 2.74. The van der Waals surface area contributed by atoms with E-state index < -0.39 is 40.5 Å². The molecule has 0 amide bonds. The third-order valence-electron chi connectivity index (χ3n) is 3.76. The lowest BCUT2D eigenvalue weighted by Gasteiger charge is -2.33. The lowest BCUT2D eigenvalue weighted by molar-refractivity contribution is -0.348. The highest BCUT2D eigenvalue weighted by molar-refractivity contribution is 14.1. The van der Waals surface area contributed by atoms with Crippen LogP contribution in [0.3, 0.4) is 0 Å². The molecule has 0 aromatic heterocycles. The van der Waals surface area contributed by atoms with Crippen LogP contribution in [0.15, 0.2) is 30.3 Å². The van der Waals surface area contributed by atoms with Crippen molar-refractivity contribution in [2.24, 2.45) is 0 Å². The molecule has 0 atom stereocenters. The van der Waals surface area contributed by atoms with Crippen molar-refractivity contribution < 1.29 is 35.1 Å². The number of alkyl halides is 7. The van der Waals surface area contributed by atoms with Gasteiger partial charge in [0.2, 0.25) is 0 Å². The number of halogens is 9. The number of rotatable bonds is 3. The Kier molecular flexibility index (Phi) is 5.61. The largest absolute Gasteiger partial charge is 0.435 e. The van der Waals surface area contributed by atoms with Crippen LogP contribution in [0.25, 0.3) is 11.1 Å². The van der Waals surface area contributed by atoms with Gasteiger partial charge in [-0.05, 0) is 52.3 Å². The van der Waals surface area contributed by atoms with Gasteiger partial charge >= 0.3 is 18.0 Å². The molecule has 2 aromatic rings. The van der Waals surface area contributed by atoms with Crippen LogP contribution in [0.1, 0.15) is 18.1 Å². The van der Waals surface area contributed by atoms with Crippen molar-refractivity contribution in [1.29, 1.82) is 0 Å². The van der Waals surface area contributed by atoms with Crippen molar-refractivity contribution in [3.05, 3.63) is 56.9 Å². The zero-order valence-electron chi connectivity index (χ0n) is 13.0. The lowest BCUT2D eigenvalue weighted by Crippen LogP contribution is -2.50. The van der Waals surface area contributed by atoms with Gasteiger partial charge in [-0.3, -0.25) is 0 Å². The van der Waals surface area contributed by atoms with Gasteiger partial charge < -0.3 is 0 Å². The van der Waals surface area contributed by atoms with Crippen molar-refractivity contribution in [1.82, 2.24) is 0 Å². The molecule has 2 aromatic carbocycles. The minimum atomic E-state index is -6.29. The zero-order chi connectivity index (χ0) is 19.9.